The first-order valence-corrected chi connectivity index (χ1v) is 6.89. The van der Waals surface area contributed by atoms with Gasteiger partial charge in [0.05, 0.1) is 0 Å². The number of carbonyl (C=O) groups is 1. The Bertz CT molecular complexity index is 453. The van der Waals surface area contributed by atoms with E-state index in [1.807, 2.05) is 6.07 Å². The molecule has 110 valence electrons. The molecule has 1 atom stereocenters. The lowest BCUT2D eigenvalue weighted by Crippen LogP contribution is -2.30. The van der Waals surface area contributed by atoms with Crippen LogP contribution < -0.4 is 21.7 Å². The summed E-state index contributed by atoms with van der Waals surface area (Å²) in [4.78, 5) is 13.8. The molecule has 6 heteroatoms. The summed E-state index contributed by atoms with van der Waals surface area (Å²) in [6, 6.07) is 7.00. The van der Waals surface area contributed by atoms with E-state index in [-0.39, 0.29) is 5.91 Å². The Labute approximate surface area is 119 Å². The standard InChI is InChI=1S/C14H22N4O2/c15-9-11-4-5-18(10-11)6-7-20-13-3-1-2-12(8-13)14(19)17-16/h1-3,8,11H,4-7,9-10,15-16H2,(H,17,19). The van der Waals surface area contributed by atoms with Crippen LogP contribution in [0, 0.1) is 5.92 Å². The van der Waals surface area contributed by atoms with Crippen LogP contribution in [0.5, 0.6) is 5.75 Å². The zero-order chi connectivity index (χ0) is 14.4. The average Bonchev–Trinajstić information content (AvgIpc) is 2.95. The fraction of sp³-hybridized carbons (Fsp3) is 0.500. The van der Waals surface area contributed by atoms with Gasteiger partial charge in [-0.1, -0.05) is 6.07 Å². The van der Waals surface area contributed by atoms with Crippen LogP contribution >= 0.6 is 0 Å². The van der Waals surface area contributed by atoms with Crippen LogP contribution in [-0.2, 0) is 0 Å². The monoisotopic (exact) mass is 278 g/mol. The topological polar surface area (TPSA) is 93.6 Å². The second kappa shape index (κ2) is 7.23. The molecule has 1 heterocycles. The molecule has 1 amide bonds. The van der Waals surface area contributed by atoms with Gasteiger partial charge in [0, 0.05) is 18.7 Å². The van der Waals surface area contributed by atoms with E-state index >= 15 is 0 Å². The van der Waals surface area contributed by atoms with Crippen molar-refractivity contribution in [3.63, 3.8) is 0 Å². The summed E-state index contributed by atoms with van der Waals surface area (Å²) in [5.41, 5.74) is 8.27. The number of hydrazine groups is 1. The first kappa shape index (κ1) is 14.8. The van der Waals surface area contributed by atoms with Crippen molar-refractivity contribution < 1.29 is 9.53 Å². The van der Waals surface area contributed by atoms with Gasteiger partial charge in [-0.05, 0) is 43.6 Å². The van der Waals surface area contributed by atoms with Crippen molar-refractivity contribution in [3.8, 4) is 5.75 Å². The number of hydrogen-bond donors (Lipinski definition) is 3. The molecule has 6 nitrogen and oxygen atoms in total. The van der Waals surface area contributed by atoms with Gasteiger partial charge in [-0.15, -0.1) is 0 Å². The molecule has 1 aromatic rings. The maximum Gasteiger partial charge on any atom is 0.265 e. The third-order valence-electron chi connectivity index (χ3n) is 3.61. The molecule has 0 aromatic heterocycles. The number of nitrogens with one attached hydrogen (secondary N) is 1. The average molecular weight is 278 g/mol. The number of amides is 1. The quantitative estimate of drug-likeness (QED) is 0.385. The third-order valence-corrected chi connectivity index (χ3v) is 3.61. The van der Waals surface area contributed by atoms with Crippen molar-refractivity contribution in [1.29, 1.82) is 0 Å². The van der Waals surface area contributed by atoms with Crippen LogP contribution in [0.4, 0.5) is 0 Å². The van der Waals surface area contributed by atoms with E-state index in [4.69, 9.17) is 16.3 Å². The van der Waals surface area contributed by atoms with Crippen molar-refractivity contribution in [2.45, 2.75) is 6.42 Å². The number of likely N-dealkylation sites (tertiary alicyclic amines) is 1. The predicted octanol–water partition coefficient (Wildman–Crippen LogP) is -0.0505. The predicted molar refractivity (Wildman–Crippen MR) is 77.2 cm³/mol. The van der Waals surface area contributed by atoms with E-state index in [2.05, 4.69) is 10.3 Å². The van der Waals surface area contributed by atoms with Crippen molar-refractivity contribution in [2.24, 2.45) is 17.5 Å². The Morgan fingerprint density at radius 2 is 2.35 bits per heavy atom. The number of ether oxygens (including phenoxy) is 1. The highest BCUT2D eigenvalue weighted by Crippen LogP contribution is 2.16. The minimum Gasteiger partial charge on any atom is -0.492 e. The summed E-state index contributed by atoms with van der Waals surface area (Å²) in [6.45, 7) is 4.37. The molecule has 0 spiro atoms. The molecule has 1 aromatic carbocycles. The molecule has 0 aliphatic carbocycles. The Morgan fingerprint density at radius 1 is 1.50 bits per heavy atom. The third kappa shape index (κ3) is 3.93. The number of benzene rings is 1. The van der Waals surface area contributed by atoms with Gasteiger partial charge in [0.1, 0.15) is 12.4 Å². The normalized spacial score (nSPS) is 19.0. The van der Waals surface area contributed by atoms with Crippen molar-refractivity contribution >= 4 is 5.91 Å². The van der Waals surface area contributed by atoms with Crippen LogP contribution in [0.25, 0.3) is 0 Å². The molecule has 1 unspecified atom stereocenters. The molecule has 2 rings (SSSR count). The minimum absolute atomic E-state index is 0.319. The summed E-state index contributed by atoms with van der Waals surface area (Å²) < 4.78 is 5.68. The Balaban J connectivity index is 1.78. The maximum atomic E-state index is 11.4. The van der Waals surface area contributed by atoms with E-state index in [0.29, 0.717) is 23.8 Å². The lowest BCUT2D eigenvalue weighted by atomic mass is 10.1. The van der Waals surface area contributed by atoms with Crippen LogP contribution in [0.1, 0.15) is 16.8 Å². The summed E-state index contributed by atoms with van der Waals surface area (Å²) in [7, 11) is 0. The number of hydrogen-bond acceptors (Lipinski definition) is 5. The Morgan fingerprint density at radius 3 is 3.05 bits per heavy atom. The number of nitrogens with zero attached hydrogens (tertiary/aromatic N) is 1. The molecule has 0 saturated carbocycles. The smallest absolute Gasteiger partial charge is 0.265 e. The van der Waals surface area contributed by atoms with E-state index < -0.39 is 0 Å². The van der Waals surface area contributed by atoms with Gasteiger partial charge in [0.25, 0.3) is 5.91 Å². The zero-order valence-corrected chi connectivity index (χ0v) is 11.5. The van der Waals surface area contributed by atoms with Gasteiger partial charge in [0.2, 0.25) is 0 Å². The number of carbonyl (C=O) groups excluding carboxylic acids is 1. The molecule has 1 fully saturated rings. The summed E-state index contributed by atoms with van der Waals surface area (Å²) in [6.07, 6.45) is 1.17. The molecule has 1 aliphatic heterocycles. The molecule has 1 saturated heterocycles. The van der Waals surface area contributed by atoms with Crippen LogP contribution in [0.15, 0.2) is 24.3 Å². The zero-order valence-electron chi connectivity index (χ0n) is 11.5. The fourth-order valence-electron chi connectivity index (χ4n) is 2.41. The Hall–Kier alpha value is -1.63. The fourth-order valence-corrected chi connectivity index (χ4v) is 2.41. The highest BCUT2D eigenvalue weighted by Gasteiger charge is 2.20. The number of rotatable bonds is 6. The summed E-state index contributed by atoms with van der Waals surface area (Å²) in [5, 5.41) is 0. The van der Waals surface area contributed by atoms with E-state index in [1.165, 1.54) is 6.42 Å². The van der Waals surface area contributed by atoms with Crippen LogP contribution in [-0.4, -0.2) is 43.6 Å². The summed E-state index contributed by atoms with van der Waals surface area (Å²) in [5.74, 6) is 6.09. The van der Waals surface area contributed by atoms with Gasteiger partial charge in [0.15, 0.2) is 0 Å². The van der Waals surface area contributed by atoms with Gasteiger partial charge < -0.3 is 10.5 Å². The van der Waals surface area contributed by atoms with Gasteiger partial charge >= 0.3 is 0 Å². The van der Waals surface area contributed by atoms with Crippen LogP contribution in [0.2, 0.25) is 0 Å². The van der Waals surface area contributed by atoms with Gasteiger partial charge in [-0.25, -0.2) is 5.84 Å². The van der Waals surface area contributed by atoms with E-state index in [1.54, 1.807) is 18.2 Å². The molecule has 20 heavy (non-hydrogen) atoms. The first-order chi connectivity index (χ1) is 9.72. The Kier molecular flexibility index (Phi) is 5.34. The number of nitrogen functional groups attached to an aromatic ring is 1. The number of nitrogens with two attached hydrogens (primary N) is 2. The lowest BCUT2D eigenvalue weighted by Gasteiger charge is -2.16. The van der Waals surface area contributed by atoms with Crippen molar-refractivity contribution in [3.05, 3.63) is 29.8 Å². The summed E-state index contributed by atoms with van der Waals surface area (Å²) >= 11 is 0. The molecular weight excluding hydrogens is 256 g/mol. The van der Waals surface area contributed by atoms with Crippen molar-refractivity contribution in [2.75, 3.05) is 32.8 Å². The molecule has 1 aliphatic rings. The first-order valence-electron chi connectivity index (χ1n) is 6.89. The minimum atomic E-state index is -0.319. The van der Waals surface area contributed by atoms with E-state index in [9.17, 15) is 4.79 Å². The highest BCUT2D eigenvalue weighted by molar-refractivity contribution is 5.94. The second-order valence-corrected chi connectivity index (χ2v) is 5.04. The molecule has 0 bridgehead atoms. The van der Waals surface area contributed by atoms with Crippen molar-refractivity contribution in [1.82, 2.24) is 10.3 Å². The van der Waals surface area contributed by atoms with E-state index in [0.717, 1.165) is 26.2 Å². The van der Waals surface area contributed by atoms with Crippen LogP contribution in [0.3, 0.4) is 0 Å². The van der Waals surface area contributed by atoms with Gasteiger partial charge in [-0.3, -0.25) is 15.1 Å². The lowest BCUT2D eigenvalue weighted by molar-refractivity contribution is 0.0953. The maximum absolute atomic E-state index is 11.4. The molecule has 0 radical (unpaired) electrons. The second-order valence-electron chi connectivity index (χ2n) is 5.04. The molecular formula is C14H22N4O2. The highest BCUT2D eigenvalue weighted by atomic mass is 16.5. The SMILES string of the molecule is NCC1CCN(CCOc2cccc(C(=O)NN)c2)C1. The largest absolute Gasteiger partial charge is 0.492 e. The molecule has 5 N–H and O–H groups in total. The van der Waals surface area contributed by atoms with Gasteiger partial charge in [-0.2, -0.15) is 0 Å².